The van der Waals surface area contributed by atoms with Crippen LogP contribution in [0.15, 0.2) is 16.9 Å². The molecule has 3 heterocycles. The Labute approximate surface area is 92.4 Å². The van der Waals surface area contributed by atoms with Gasteiger partial charge in [-0.15, -0.1) is 0 Å². The third kappa shape index (κ3) is 1.61. The molecule has 6 nitrogen and oxygen atoms in total. The summed E-state index contributed by atoms with van der Waals surface area (Å²) in [4.78, 5) is 10.7. The minimum absolute atomic E-state index is 0.211. The van der Waals surface area contributed by atoms with E-state index in [1.807, 2.05) is 0 Å². The first-order valence-corrected chi connectivity index (χ1v) is 5.41. The molecule has 0 bridgehead atoms. The van der Waals surface area contributed by atoms with Crippen LogP contribution in [0.25, 0.3) is 11.1 Å². The lowest BCUT2D eigenvalue weighted by atomic mass is 10.1. The molecule has 0 saturated carbocycles. The lowest BCUT2D eigenvalue weighted by molar-refractivity contribution is 0.447. The zero-order chi connectivity index (χ0) is 11.0. The van der Waals surface area contributed by atoms with Gasteiger partial charge < -0.3 is 15.2 Å². The van der Waals surface area contributed by atoms with Crippen LogP contribution in [0.4, 0.5) is 5.95 Å². The second-order valence-electron chi connectivity index (χ2n) is 4.10. The van der Waals surface area contributed by atoms with Crippen LogP contribution in [0.2, 0.25) is 0 Å². The Bertz CT molecular complexity index is 497. The zero-order valence-corrected chi connectivity index (χ0v) is 8.83. The minimum Gasteiger partial charge on any atom is -0.339 e. The first-order valence-electron chi connectivity index (χ1n) is 5.41. The van der Waals surface area contributed by atoms with Gasteiger partial charge in [0.25, 0.3) is 5.71 Å². The van der Waals surface area contributed by atoms with E-state index in [1.54, 1.807) is 12.4 Å². The Balaban J connectivity index is 1.92. The van der Waals surface area contributed by atoms with E-state index >= 15 is 0 Å². The van der Waals surface area contributed by atoms with Crippen molar-refractivity contribution in [1.82, 2.24) is 15.1 Å². The van der Waals surface area contributed by atoms with Crippen LogP contribution in [0.5, 0.6) is 0 Å². The molecule has 0 aromatic carbocycles. The predicted octanol–water partition coefficient (Wildman–Crippen LogP) is 0.545. The van der Waals surface area contributed by atoms with Crippen LogP contribution in [0.1, 0.15) is 12.8 Å². The molecule has 84 valence electrons. The van der Waals surface area contributed by atoms with E-state index in [9.17, 15) is 0 Å². The van der Waals surface area contributed by atoms with E-state index in [0.29, 0.717) is 11.7 Å². The summed E-state index contributed by atoms with van der Waals surface area (Å²) in [5.74, 6) is 0.680. The SMILES string of the molecule is NC1CCCN(c2ncc3cnoc3n2)C1. The molecular formula is C10H13N5O. The molecule has 1 saturated heterocycles. The summed E-state index contributed by atoms with van der Waals surface area (Å²) in [6.45, 7) is 1.76. The predicted molar refractivity (Wildman–Crippen MR) is 59.0 cm³/mol. The highest BCUT2D eigenvalue weighted by Crippen LogP contribution is 2.17. The van der Waals surface area contributed by atoms with Crippen molar-refractivity contribution < 1.29 is 4.52 Å². The second-order valence-corrected chi connectivity index (χ2v) is 4.10. The van der Waals surface area contributed by atoms with Gasteiger partial charge in [0.2, 0.25) is 5.95 Å². The van der Waals surface area contributed by atoms with E-state index in [0.717, 1.165) is 31.3 Å². The third-order valence-corrected chi connectivity index (χ3v) is 2.84. The van der Waals surface area contributed by atoms with Crippen LogP contribution in [-0.4, -0.2) is 34.3 Å². The normalized spacial score (nSPS) is 21.6. The van der Waals surface area contributed by atoms with Crippen molar-refractivity contribution in [3.63, 3.8) is 0 Å². The number of nitrogens with zero attached hydrogens (tertiary/aromatic N) is 4. The molecule has 2 N–H and O–H groups in total. The molecule has 1 aliphatic rings. The molecule has 2 aromatic rings. The Morgan fingerprint density at radius 1 is 1.44 bits per heavy atom. The van der Waals surface area contributed by atoms with Gasteiger partial charge in [-0.2, -0.15) is 4.98 Å². The van der Waals surface area contributed by atoms with Gasteiger partial charge in [-0.25, -0.2) is 4.98 Å². The lowest BCUT2D eigenvalue weighted by Crippen LogP contribution is -2.43. The monoisotopic (exact) mass is 219 g/mol. The van der Waals surface area contributed by atoms with Crippen molar-refractivity contribution >= 4 is 17.0 Å². The number of anilines is 1. The van der Waals surface area contributed by atoms with Gasteiger partial charge in [0.05, 0.1) is 11.6 Å². The summed E-state index contributed by atoms with van der Waals surface area (Å²) in [6, 6.07) is 0.211. The van der Waals surface area contributed by atoms with Crippen molar-refractivity contribution in [3.05, 3.63) is 12.4 Å². The second kappa shape index (κ2) is 3.71. The largest absolute Gasteiger partial charge is 0.339 e. The summed E-state index contributed by atoms with van der Waals surface area (Å²) in [7, 11) is 0. The Hall–Kier alpha value is -1.69. The zero-order valence-electron chi connectivity index (χ0n) is 8.83. The van der Waals surface area contributed by atoms with Gasteiger partial charge in [0.15, 0.2) is 0 Å². The molecule has 0 amide bonds. The highest BCUT2D eigenvalue weighted by Gasteiger charge is 2.19. The quantitative estimate of drug-likeness (QED) is 0.754. The molecule has 6 heteroatoms. The maximum Gasteiger partial charge on any atom is 0.262 e. The summed E-state index contributed by atoms with van der Waals surface area (Å²) in [5.41, 5.74) is 6.45. The molecule has 1 aliphatic heterocycles. The molecule has 1 unspecified atom stereocenters. The summed E-state index contributed by atoms with van der Waals surface area (Å²) in [5, 5.41) is 4.51. The van der Waals surface area contributed by atoms with Crippen molar-refractivity contribution in [2.45, 2.75) is 18.9 Å². The third-order valence-electron chi connectivity index (χ3n) is 2.84. The molecule has 1 fully saturated rings. The molecule has 0 spiro atoms. The highest BCUT2D eigenvalue weighted by atomic mass is 16.5. The van der Waals surface area contributed by atoms with Crippen molar-refractivity contribution in [1.29, 1.82) is 0 Å². The van der Waals surface area contributed by atoms with E-state index in [2.05, 4.69) is 20.0 Å². The summed E-state index contributed by atoms with van der Waals surface area (Å²) < 4.78 is 5.02. The topological polar surface area (TPSA) is 81.1 Å². The van der Waals surface area contributed by atoms with Gasteiger partial charge in [0, 0.05) is 25.3 Å². The van der Waals surface area contributed by atoms with Gasteiger partial charge in [0.1, 0.15) is 0 Å². The van der Waals surface area contributed by atoms with E-state index in [4.69, 9.17) is 10.3 Å². The lowest BCUT2D eigenvalue weighted by Gasteiger charge is -2.30. The number of aromatic nitrogens is 3. The van der Waals surface area contributed by atoms with Gasteiger partial charge in [-0.1, -0.05) is 5.16 Å². The van der Waals surface area contributed by atoms with Crippen molar-refractivity contribution in [3.8, 4) is 0 Å². The average molecular weight is 219 g/mol. The molecule has 1 atom stereocenters. The Morgan fingerprint density at radius 3 is 3.25 bits per heavy atom. The molecule has 0 aliphatic carbocycles. The molecule has 3 rings (SSSR count). The maximum absolute atomic E-state index is 5.92. The van der Waals surface area contributed by atoms with Crippen molar-refractivity contribution in [2.24, 2.45) is 5.73 Å². The number of fused-ring (bicyclic) bond motifs is 1. The number of piperidine rings is 1. The fourth-order valence-corrected chi connectivity index (χ4v) is 2.01. The van der Waals surface area contributed by atoms with Gasteiger partial charge >= 0.3 is 0 Å². The van der Waals surface area contributed by atoms with Gasteiger partial charge in [-0.3, -0.25) is 0 Å². The maximum atomic E-state index is 5.92. The number of hydrogen-bond donors (Lipinski definition) is 1. The number of hydrogen-bond acceptors (Lipinski definition) is 6. The fourth-order valence-electron chi connectivity index (χ4n) is 2.01. The van der Waals surface area contributed by atoms with Crippen LogP contribution >= 0.6 is 0 Å². The standard InChI is InChI=1S/C10H13N5O/c11-8-2-1-3-15(6-8)10-12-4-7-5-13-16-9(7)14-10/h4-5,8H,1-3,6,11H2. The van der Waals surface area contributed by atoms with E-state index < -0.39 is 0 Å². The highest BCUT2D eigenvalue weighted by molar-refractivity contribution is 5.71. The number of rotatable bonds is 1. The van der Waals surface area contributed by atoms with Crippen molar-refractivity contribution in [2.75, 3.05) is 18.0 Å². The smallest absolute Gasteiger partial charge is 0.262 e. The first-order chi connectivity index (χ1) is 7.83. The average Bonchev–Trinajstić information content (AvgIpc) is 2.75. The summed E-state index contributed by atoms with van der Waals surface area (Å²) >= 11 is 0. The molecule has 2 aromatic heterocycles. The first kappa shape index (κ1) is 9.53. The van der Waals surface area contributed by atoms with Crippen LogP contribution < -0.4 is 10.6 Å². The van der Waals surface area contributed by atoms with E-state index in [1.165, 1.54) is 0 Å². The Morgan fingerprint density at radius 2 is 2.38 bits per heavy atom. The molecule has 0 radical (unpaired) electrons. The van der Waals surface area contributed by atoms with E-state index in [-0.39, 0.29) is 6.04 Å². The number of nitrogens with two attached hydrogens (primary N) is 1. The van der Waals surface area contributed by atoms with Crippen LogP contribution in [0.3, 0.4) is 0 Å². The minimum atomic E-state index is 0.211. The van der Waals surface area contributed by atoms with Crippen LogP contribution in [0, 0.1) is 0 Å². The summed E-state index contributed by atoms with van der Waals surface area (Å²) in [6.07, 6.45) is 5.50. The molecular weight excluding hydrogens is 206 g/mol. The Kier molecular flexibility index (Phi) is 2.21. The van der Waals surface area contributed by atoms with Crippen LogP contribution in [-0.2, 0) is 0 Å². The van der Waals surface area contributed by atoms with Gasteiger partial charge in [-0.05, 0) is 12.8 Å². The molecule has 16 heavy (non-hydrogen) atoms. The fraction of sp³-hybridized carbons (Fsp3) is 0.500.